The van der Waals surface area contributed by atoms with Gasteiger partial charge in [0, 0.05) is 17.9 Å². The normalized spacial score (nSPS) is 28.5. The summed E-state index contributed by atoms with van der Waals surface area (Å²) in [5.74, 6) is 0. The largest absolute Gasteiger partial charge is 0.384 e. The van der Waals surface area contributed by atoms with E-state index >= 15 is 0 Å². The van der Waals surface area contributed by atoms with Gasteiger partial charge in [-0.05, 0) is 44.6 Å². The predicted molar refractivity (Wildman–Crippen MR) is 74.7 cm³/mol. The second-order valence-corrected chi connectivity index (χ2v) is 5.25. The number of unbranched alkanes of at least 4 members (excludes halogenated alkanes) is 1. The molecular weight excluding hydrogens is 216 g/mol. The molecule has 0 aromatic heterocycles. The quantitative estimate of drug-likeness (QED) is 0.801. The van der Waals surface area contributed by atoms with Crippen molar-refractivity contribution in [1.29, 1.82) is 0 Å². The molecule has 1 N–H and O–H groups in total. The van der Waals surface area contributed by atoms with Crippen LogP contribution in [-0.4, -0.2) is 11.1 Å². The lowest BCUT2D eigenvalue weighted by Gasteiger charge is -2.17. The molecule has 0 fully saturated rings. The predicted octanol–water partition coefficient (Wildman–Crippen LogP) is 4.07. The van der Waals surface area contributed by atoms with Gasteiger partial charge in [-0.25, -0.2) is 0 Å². The Hall–Kier alpha value is -0.700. The molecule has 0 aliphatic carbocycles. The molecule has 0 radical (unpaired) electrons. The van der Waals surface area contributed by atoms with Crippen LogP contribution in [0.2, 0.25) is 0 Å². The fraction of sp³-hybridized carbons (Fsp3) is 0.615. The Labute approximate surface area is 103 Å². The first-order valence-electron chi connectivity index (χ1n) is 5.97. The van der Waals surface area contributed by atoms with E-state index in [0.717, 1.165) is 11.5 Å². The summed E-state index contributed by atoms with van der Waals surface area (Å²) < 4.78 is 0. The van der Waals surface area contributed by atoms with E-state index in [4.69, 9.17) is 0 Å². The Morgan fingerprint density at radius 3 is 2.88 bits per heavy atom. The summed E-state index contributed by atoms with van der Waals surface area (Å²) in [5.41, 5.74) is 2.62. The van der Waals surface area contributed by atoms with Crippen molar-refractivity contribution in [3.05, 3.63) is 22.9 Å². The zero-order valence-corrected chi connectivity index (χ0v) is 11.5. The van der Waals surface area contributed by atoms with Crippen LogP contribution in [0.4, 0.5) is 0 Å². The third kappa shape index (κ3) is 4.05. The van der Waals surface area contributed by atoms with Gasteiger partial charge in [0.15, 0.2) is 0 Å². The molecule has 3 heteroatoms. The molecule has 1 heterocycles. The Morgan fingerprint density at radius 1 is 1.44 bits per heavy atom. The Bertz CT molecular complexity index is 316. The summed E-state index contributed by atoms with van der Waals surface area (Å²) in [6.45, 7) is 8.62. The molecule has 1 rings (SSSR count). The number of hydrogen-bond acceptors (Lipinski definition) is 3. The van der Waals surface area contributed by atoms with Gasteiger partial charge in [-0.2, -0.15) is 0 Å². The minimum Gasteiger partial charge on any atom is -0.384 e. The highest BCUT2D eigenvalue weighted by Crippen LogP contribution is 2.21. The highest BCUT2D eigenvalue weighted by Gasteiger charge is 2.11. The summed E-state index contributed by atoms with van der Waals surface area (Å²) in [4.78, 5) is 4.65. The van der Waals surface area contributed by atoms with Crippen molar-refractivity contribution in [2.45, 2.75) is 53.0 Å². The summed E-state index contributed by atoms with van der Waals surface area (Å²) in [6, 6.07) is 0.387. The van der Waals surface area contributed by atoms with E-state index in [1.807, 2.05) is 6.20 Å². The van der Waals surface area contributed by atoms with Gasteiger partial charge in [0.25, 0.3) is 0 Å². The number of aliphatic imine (C=N–C) groups is 1. The summed E-state index contributed by atoms with van der Waals surface area (Å²) in [5, 5.41) is 6.57. The molecule has 1 aliphatic rings. The van der Waals surface area contributed by atoms with Crippen LogP contribution < -0.4 is 5.32 Å². The molecule has 0 spiro atoms. The molecule has 90 valence electrons. The van der Waals surface area contributed by atoms with Crippen molar-refractivity contribution in [1.82, 2.24) is 5.32 Å². The number of nitrogens with zero attached hydrogens (tertiary/aromatic N) is 1. The maximum absolute atomic E-state index is 4.65. The molecule has 0 amide bonds. The standard InChI is InChI=1S/C13H22N2S/c1-5-6-7-13-10(2)14-8-9-16-12(4)15-11(13)3/h8-10,14H,5-7H2,1-4H3/b9-8-,13-11-,15-12?. The zero-order valence-electron chi connectivity index (χ0n) is 10.7. The van der Waals surface area contributed by atoms with Crippen LogP contribution in [0.5, 0.6) is 0 Å². The average molecular weight is 238 g/mol. The molecule has 0 saturated heterocycles. The minimum atomic E-state index is 0.387. The van der Waals surface area contributed by atoms with Crippen molar-refractivity contribution in [3.63, 3.8) is 0 Å². The van der Waals surface area contributed by atoms with Gasteiger partial charge in [0.05, 0.1) is 5.04 Å². The molecule has 0 aromatic carbocycles. The maximum atomic E-state index is 4.65. The monoisotopic (exact) mass is 238 g/mol. The molecule has 0 aromatic rings. The molecule has 1 atom stereocenters. The fourth-order valence-electron chi connectivity index (χ4n) is 1.83. The smallest absolute Gasteiger partial charge is 0.0745 e. The molecule has 16 heavy (non-hydrogen) atoms. The van der Waals surface area contributed by atoms with E-state index in [2.05, 4.69) is 43.4 Å². The van der Waals surface area contributed by atoms with E-state index in [1.165, 1.54) is 24.1 Å². The van der Waals surface area contributed by atoms with Crippen molar-refractivity contribution < 1.29 is 0 Å². The van der Waals surface area contributed by atoms with E-state index in [1.54, 1.807) is 11.8 Å². The summed E-state index contributed by atoms with van der Waals surface area (Å²) in [6.07, 6.45) is 5.64. The Balaban J connectivity index is 2.92. The molecule has 1 aliphatic heterocycles. The van der Waals surface area contributed by atoms with Gasteiger partial charge in [0.1, 0.15) is 0 Å². The van der Waals surface area contributed by atoms with Gasteiger partial charge in [-0.1, -0.05) is 25.1 Å². The first kappa shape index (κ1) is 13.4. The van der Waals surface area contributed by atoms with Gasteiger partial charge in [-0.15, -0.1) is 0 Å². The van der Waals surface area contributed by atoms with Gasteiger partial charge in [-0.3, -0.25) is 4.99 Å². The van der Waals surface area contributed by atoms with Gasteiger partial charge >= 0.3 is 0 Å². The molecule has 0 saturated carbocycles. The lowest BCUT2D eigenvalue weighted by atomic mass is 10.0. The lowest BCUT2D eigenvalue weighted by molar-refractivity contribution is 0.653. The van der Waals surface area contributed by atoms with Crippen LogP contribution in [0.25, 0.3) is 0 Å². The van der Waals surface area contributed by atoms with Crippen LogP contribution in [-0.2, 0) is 0 Å². The summed E-state index contributed by atoms with van der Waals surface area (Å²) in [7, 11) is 0. The van der Waals surface area contributed by atoms with Crippen LogP contribution in [0.3, 0.4) is 0 Å². The van der Waals surface area contributed by atoms with Crippen LogP contribution in [0.1, 0.15) is 47.0 Å². The molecule has 2 nitrogen and oxygen atoms in total. The number of hydrogen-bond donors (Lipinski definition) is 1. The topological polar surface area (TPSA) is 24.4 Å². The maximum Gasteiger partial charge on any atom is 0.0745 e. The molecular formula is C13H22N2S. The van der Waals surface area contributed by atoms with Crippen LogP contribution >= 0.6 is 11.8 Å². The van der Waals surface area contributed by atoms with E-state index < -0.39 is 0 Å². The second kappa shape index (κ2) is 6.79. The van der Waals surface area contributed by atoms with E-state index in [0.29, 0.717) is 6.04 Å². The third-order valence-corrected chi connectivity index (χ3v) is 3.47. The van der Waals surface area contributed by atoms with Crippen molar-refractivity contribution in [3.8, 4) is 0 Å². The SMILES string of the molecule is CCCC/C1=C(\C)N=C(C)S/C=C\NC1C. The van der Waals surface area contributed by atoms with Crippen LogP contribution in [0, 0.1) is 0 Å². The highest BCUT2D eigenvalue weighted by molar-refractivity contribution is 8.16. The second-order valence-electron chi connectivity index (χ2n) is 4.15. The first-order chi connectivity index (χ1) is 7.65. The van der Waals surface area contributed by atoms with E-state index in [-0.39, 0.29) is 0 Å². The van der Waals surface area contributed by atoms with Gasteiger partial charge in [0.2, 0.25) is 0 Å². The Kier molecular flexibility index (Phi) is 5.67. The van der Waals surface area contributed by atoms with Crippen molar-refractivity contribution in [2.75, 3.05) is 0 Å². The minimum absolute atomic E-state index is 0.387. The number of rotatable bonds is 3. The first-order valence-corrected chi connectivity index (χ1v) is 6.85. The molecule has 1 unspecified atom stereocenters. The number of allylic oxidation sites excluding steroid dienone is 1. The van der Waals surface area contributed by atoms with Crippen molar-refractivity contribution >= 4 is 16.8 Å². The van der Waals surface area contributed by atoms with Crippen molar-refractivity contribution in [2.24, 2.45) is 4.99 Å². The lowest BCUT2D eigenvalue weighted by Crippen LogP contribution is -2.23. The highest BCUT2D eigenvalue weighted by atomic mass is 32.2. The Morgan fingerprint density at radius 2 is 2.19 bits per heavy atom. The van der Waals surface area contributed by atoms with E-state index in [9.17, 15) is 0 Å². The summed E-state index contributed by atoms with van der Waals surface area (Å²) >= 11 is 1.67. The fourth-order valence-corrected chi connectivity index (χ4v) is 2.36. The number of thioether (sulfide) groups is 1. The van der Waals surface area contributed by atoms with Gasteiger partial charge < -0.3 is 5.32 Å². The third-order valence-electron chi connectivity index (χ3n) is 2.77. The number of nitrogens with one attached hydrogen (secondary N) is 1. The average Bonchev–Trinajstić information content (AvgIpc) is 2.29. The van der Waals surface area contributed by atoms with Crippen LogP contribution in [0.15, 0.2) is 27.9 Å². The zero-order chi connectivity index (χ0) is 12.0. The molecule has 0 bridgehead atoms.